The minimum Gasteiger partial charge on any atom is -0.398 e. The number of nitrogen functional groups attached to an aromatic ring is 1. The molecule has 3 heterocycles. The molecule has 1 aliphatic heterocycles. The van der Waals surface area contributed by atoms with Crippen molar-refractivity contribution in [2.24, 2.45) is 10.8 Å². The lowest BCUT2D eigenvalue weighted by Gasteiger charge is -2.39. The van der Waals surface area contributed by atoms with E-state index in [9.17, 15) is 0 Å². The molecule has 22 heavy (non-hydrogen) atoms. The number of pyridine rings is 1. The highest BCUT2D eigenvalue weighted by Gasteiger charge is 2.49. The fourth-order valence-corrected chi connectivity index (χ4v) is 5.11. The molecule has 1 aliphatic carbocycles. The molecule has 118 valence electrons. The summed E-state index contributed by atoms with van der Waals surface area (Å²) < 4.78 is 2.04. The number of hydrogen-bond acceptors (Lipinski definition) is 3. The Kier molecular flexibility index (Phi) is 2.86. The van der Waals surface area contributed by atoms with E-state index in [1.165, 1.54) is 25.8 Å². The van der Waals surface area contributed by atoms with Crippen LogP contribution in [0.5, 0.6) is 0 Å². The van der Waals surface area contributed by atoms with Crippen molar-refractivity contribution in [2.45, 2.75) is 52.6 Å². The predicted octanol–water partition coefficient (Wildman–Crippen LogP) is 3.32. The van der Waals surface area contributed by atoms with E-state index < -0.39 is 0 Å². The number of aromatic nitrogens is 2. The van der Waals surface area contributed by atoms with Gasteiger partial charge in [0.1, 0.15) is 5.65 Å². The van der Waals surface area contributed by atoms with Crippen LogP contribution in [0.25, 0.3) is 5.65 Å². The molecule has 2 atom stereocenters. The van der Waals surface area contributed by atoms with Gasteiger partial charge in [0.05, 0.1) is 5.69 Å². The molecule has 0 aromatic carbocycles. The van der Waals surface area contributed by atoms with Gasteiger partial charge in [0, 0.05) is 37.2 Å². The third-order valence-corrected chi connectivity index (χ3v) is 5.41. The molecule has 2 N–H and O–H groups in total. The summed E-state index contributed by atoms with van der Waals surface area (Å²) in [5, 5.41) is 0. The summed E-state index contributed by atoms with van der Waals surface area (Å²) in [4.78, 5) is 7.41. The van der Waals surface area contributed by atoms with Gasteiger partial charge in [0.25, 0.3) is 0 Å². The molecule has 2 bridgehead atoms. The van der Waals surface area contributed by atoms with Crippen molar-refractivity contribution in [3.8, 4) is 0 Å². The maximum absolute atomic E-state index is 5.85. The van der Waals surface area contributed by atoms with Crippen LogP contribution in [-0.2, 0) is 6.54 Å². The van der Waals surface area contributed by atoms with Gasteiger partial charge in [0.15, 0.2) is 0 Å². The lowest BCUT2D eigenvalue weighted by atomic mass is 9.65. The number of nitrogens with zero attached hydrogens (tertiary/aromatic N) is 3. The smallest absolute Gasteiger partial charge is 0.137 e. The van der Waals surface area contributed by atoms with Crippen molar-refractivity contribution in [1.29, 1.82) is 0 Å². The van der Waals surface area contributed by atoms with Gasteiger partial charge in [-0.3, -0.25) is 4.90 Å². The zero-order valence-electron chi connectivity index (χ0n) is 13.8. The van der Waals surface area contributed by atoms with Gasteiger partial charge in [-0.15, -0.1) is 0 Å². The molecule has 1 saturated heterocycles. The van der Waals surface area contributed by atoms with E-state index >= 15 is 0 Å². The fourth-order valence-electron chi connectivity index (χ4n) is 5.11. The zero-order chi connectivity index (χ0) is 15.5. The largest absolute Gasteiger partial charge is 0.398 e. The first-order chi connectivity index (χ1) is 10.3. The molecule has 2 aromatic heterocycles. The molecule has 2 aromatic rings. The third kappa shape index (κ3) is 2.39. The van der Waals surface area contributed by atoms with Crippen LogP contribution in [0.3, 0.4) is 0 Å². The Hall–Kier alpha value is -1.55. The van der Waals surface area contributed by atoms with E-state index in [4.69, 9.17) is 10.7 Å². The molecule has 2 fully saturated rings. The number of nitrogens with two attached hydrogens (primary N) is 1. The summed E-state index contributed by atoms with van der Waals surface area (Å²) in [5.74, 6) is 0. The van der Waals surface area contributed by atoms with Gasteiger partial charge >= 0.3 is 0 Å². The number of rotatable bonds is 2. The van der Waals surface area contributed by atoms with Gasteiger partial charge in [-0.2, -0.15) is 0 Å². The minimum absolute atomic E-state index is 0.472. The second-order valence-electron chi connectivity index (χ2n) is 8.58. The maximum atomic E-state index is 5.85. The van der Waals surface area contributed by atoms with Crippen LogP contribution in [0.15, 0.2) is 24.5 Å². The summed E-state index contributed by atoms with van der Waals surface area (Å²) in [7, 11) is 0. The van der Waals surface area contributed by atoms with Gasteiger partial charge in [-0.25, -0.2) is 4.98 Å². The highest BCUT2D eigenvalue weighted by Crippen LogP contribution is 2.52. The number of anilines is 1. The van der Waals surface area contributed by atoms with Crippen LogP contribution >= 0.6 is 0 Å². The van der Waals surface area contributed by atoms with Crippen LogP contribution in [0.1, 0.15) is 45.7 Å². The molecule has 2 aliphatic rings. The monoisotopic (exact) mass is 298 g/mol. The van der Waals surface area contributed by atoms with E-state index in [1.807, 2.05) is 22.7 Å². The topological polar surface area (TPSA) is 46.6 Å². The summed E-state index contributed by atoms with van der Waals surface area (Å²) in [6, 6.07) is 4.62. The minimum atomic E-state index is 0.472. The van der Waals surface area contributed by atoms with Crippen molar-refractivity contribution in [2.75, 3.05) is 12.3 Å². The Labute approximate surface area is 132 Å². The molecule has 2 unspecified atom stereocenters. The molecular weight excluding hydrogens is 272 g/mol. The second-order valence-corrected chi connectivity index (χ2v) is 8.58. The standard InChI is InChI=1S/C18H26N4/c1-17(2)6-15-7-18(3,11-17)12-22(15)10-14-9-21-8-13(19)4-5-16(21)20-14/h4-5,8-9,15H,6-7,10-12,19H2,1-3H3. The molecule has 4 rings (SSSR count). The molecule has 0 spiro atoms. The molecular formula is C18H26N4. The maximum Gasteiger partial charge on any atom is 0.137 e. The Morgan fingerprint density at radius 3 is 2.86 bits per heavy atom. The first-order valence-corrected chi connectivity index (χ1v) is 8.29. The Balaban J connectivity index is 1.58. The predicted molar refractivity (Wildman–Crippen MR) is 89.5 cm³/mol. The van der Waals surface area contributed by atoms with Crippen LogP contribution in [-0.4, -0.2) is 26.9 Å². The normalized spacial score (nSPS) is 31.0. The summed E-state index contributed by atoms with van der Waals surface area (Å²) >= 11 is 0. The number of imidazole rings is 1. The van der Waals surface area contributed by atoms with Crippen molar-refractivity contribution in [3.63, 3.8) is 0 Å². The van der Waals surface area contributed by atoms with E-state index in [1.54, 1.807) is 0 Å². The summed E-state index contributed by atoms with van der Waals surface area (Å²) in [6.45, 7) is 9.48. The van der Waals surface area contributed by atoms with Crippen molar-refractivity contribution in [1.82, 2.24) is 14.3 Å². The summed E-state index contributed by atoms with van der Waals surface area (Å²) in [5.41, 5.74) is 9.73. The molecule has 0 amide bonds. The van der Waals surface area contributed by atoms with Gasteiger partial charge < -0.3 is 10.1 Å². The van der Waals surface area contributed by atoms with Crippen LogP contribution in [0.2, 0.25) is 0 Å². The Bertz CT molecular complexity index is 717. The molecule has 4 heteroatoms. The first-order valence-electron chi connectivity index (χ1n) is 8.29. The number of hydrogen-bond donors (Lipinski definition) is 1. The fraction of sp³-hybridized carbons (Fsp3) is 0.611. The number of fused-ring (bicyclic) bond motifs is 3. The summed E-state index contributed by atoms with van der Waals surface area (Å²) in [6.07, 6.45) is 8.06. The van der Waals surface area contributed by atoms with E-state index in [0.717, 1.165) is 23.6 Å². The highest BCUT2D eigenvalue weighted by atomic mass is 15.2. The van der Waals surface area contributed by atoms with Gasteiger partial charge in [-0.1, -0.05) is 20.8 Å². The molecule has 1 saturated carbocycles. The lowest BCUT2D eigenvalue weighted by Crippen LogP contribution is -2.34. The van der Waals surface area contributed by atoms with Crippen molar-refractivity contribution in [3.05, 3.63) is 30.2 Å². The van der Waals surface area contributed by atoms with E-state index in [2.05, 4.69) is 31.9 Å². The van der Waals surface area contributed by atoms with E-state index in [0.29, 0.717) is 16.9 Å². The number of likely N-dealkylation sites (tertiary alicyclic amines) is 1. The Morgan fingerprint density at radius 2 is 2.05 bits per heavy atom. The average molecular weight is 298 g/mol. The van der Waals surface area contributed by atoms with Crippen LogP contribution in [0, 0.1) is 10.8 Å². The SMILES string of the molecule is CC1(C)CC2CC(C)(CN2Cc2cn3cc(N)ccc3n2)C1. The van der Waals surface area contributed by atoms with Crippen LogP contribution in [0.4, 0.5) is 5.69 Å². The van der Waals surface area contributed by atoms with Crippen molar-refractivity contribution >= 4 is 11.3 Å². The first kappa shape index (κ1) is 14.1. The quantitative estimate of drug-likeness (QED) is 0.925. The molecule has 4 nitrogen and oxygen atoms in total. The third-order valence-electron chi connectivity index (χ3n) is 5.41. The van der Waals surface area contributed by atoms with Crippen molar-refractivity contribution < 1.29 is 0 Å². The Morgan fingerprint density at radius 1 is 1.23 bits per heavy atom. The van der Waals surface area contributed by atoms with Crippen LogP contribution < -0.4 is 5.73 Å². The average Bonchev–Trinajstić information content (AvgIpc) is 2.86. The highest BCUT2D eigenvalue weighted by molar-refractivity contribution is 5.48. The van der Waals surface area contributed by atoms with Gasteiger partial charge in [0.2, 0.25) is 0 Å². The zero-order valence-corrected chi connectivity index (χ0v) is 13.8. The lowest BCUT2D eigenvalue weighted by molar-refractivity contribution is 0.126. The molecule has 0 radical (unpaired) electrons. The second kappa shape index (κ2) is 4.48. The van der Waals surface area contributed by atoms with Gasteiger partial charge in [-0.05, 0) is 42.2 Å². The van der Waals surface area contributed by atoms with E-state index in [-0.39, 0.29) is 0 Å².